The highest BCUT2D eigenvalue weighted by Crippen LogP contribution is 2.02. The Hall–Kier alpha value is -0.970. The highest BCUT2D eigenvalue weighted by Gasteiger charge is 2.19. The molecule has 0 amide bonds. The first kappa shape index (κ1) is 6.15. The van der Waals surface area contributed by atoms with E-state index in [2.05, 4.69) is 5.10 Å². The Bertz CT molecular complexity index is 135. The van der Waals surface area contributed by atoms with Gasteiger partial charge >= 0.3 is 6.02 Å². The van der Waals surface area contributed by atoms with E-state index in [1.807, 2.05) is 6.92 Å². The molecule has 9 heavy (non-hydrogen) atoms. The van der Waals surface area contributed by atoms with Crippen LogP contribution in [0.25, 0.3) is 0 Å². The Kier molecular flexibility index (Phi) is 1.44. The molecule has 0 saturated heterocycles. The van der Waals surface area contributed by atoms with E-state index in [-0.39, 0.29) is 6.02 Å². The van der Waals surface area contributed by atoms with Crippen LogP contribution in [0.3, 0.4) is 0 Å². The summed E-state index contributed by atoms with van der Waals surface area (Å²) < 4.78 is 4.80. The molecule has 1 aliphatic rings. The molecule has 0 aromatic heterocycles. The summed E-state index contributed by atoms with van der Waals surface area (Å²) >= 11 is 0. The number of ether oxygens (including phenoxy) is 1. The average molecular weight is 130 g/mol. The van der Waals surface area contributed by atoms with Crippen molar-refractivity contribution in [2.45, 2.75) is 13.3 Å². The summed E-state index contributed by atoms with van der Waals surface area (Å²) in [5.41, 5.74) is 10.6. The lowest BCUT2D eigenvalue weighted by molar-refractivity contribution is 0.0662. The van der Waals surface area contributed by atoms with Crippen molar-refractivity contribution in [3.05, 3.63) is 0 Å². The highest BCUT2D eigenvalue weighted by atomic mass is 16.6. The Labute approximate surface area is 53.2 Å². The van der Waals surface area contributed by atoms with Gasteiger partial charge in [0.2, 0.25) is 6.35 Å². The minimum absolute atomic E-state index is 0.143. The minimum atomic E-state index is -0.491. The second-order valence-electron chi connectivity index (χ2n) is 1.70. The fraction of sp³-hybridized carbons (Fsp3) is 0.750. The number of hydrogen-bond acceptors (Lipinski definition) is 5. The molecule has 0 aromatic rings. The molecule has 5 heteroatoms. The summed E-state index contributed by atoms with van der Waals surface area (Å²) in [6, 6.07) is 0.143. The van der Waals surface area contributed by atoms with Crippen molar-refractivity contribution in [2.75, 3.05) is 6.54 Å². The van der Waals surface area contributed by atoms with Gasteiger partial charge in [-0.1, -0.05) is 0 Å². The molecule has 0 saturated carbocycles. The summed E-state index contributed by atoms with van der Waals surface area (Å²) in [5.74, 6) is 0. The molecule has 0 aliphatic carbocycles. The van der Waals surface area contributed by atoms with Gasteiger partial charge in [0.15, 0.2) is 0 Å². The number of rotatable bonds is 1. The molecule has 4 N–H and O–H groups in total. The Morgan fingerprint density at radius 2 is 2.56 bits per heavy atom. The summed E-state index contributed by atoms with van der Waals surface area (Å²) in [6.07, 6.45) is -0.491. The Morgan fingerprint density at radius 1 is 1.89 bits per heavy atom. The maximum absolute atomic E-state index is 5.39. The van der Waals surface area contributed by atoms with Crippen molar-refractivity contribution in [1.29, 1.82) is 0 Å². The van der Waals surface area contributed by atoms with E-state index >= 15 is 0 Å². The first-order chi connectivity index (χ1) is 4.24. The van der Waals surface area contributed by atoms with Gasteiger partial charge in [0.25, 0.3) is 0 Å². The van der Waals surface area contributed by atoms with Crippen molar-refractivity contribution < 1.29 is 4.74 Å². The standard InChI is InChI=1S/C4H10N4O/c1-2-8-4(6)9-3(5)7-8/h4H,2,6H2,1H3,(H2,5,7). The summed E-state index contributed by atoms with van der Waals surface area (Å²) in [6.45, 7) is 2.63. The van der Waals surface area contributed by atoms with Crippen molar-refractivity contribution in [3.8, 4) is 0 Å². The van der Waals surface area contributed by atoms with Crippen LogP contribution in [0.15, 0.2) is 5.10 Å². The third-order valence-corrected chi connectivity index (χ3v) is 1.09. The van der Waals surface area contributed by atoms with Crippen molar-refractivity contribution >= 4 is 6.02 Å². The quantitative estimate of drug-likeness (QED) is 0.468. The molecular weight excluding hydrogens is 120 g/mol. The molecule has 1 unspecified atom stereocenters. The number of nitrogens with two attached hydrogens (primary N) is 2. The first-order valence-corrected chi connectivity index (χ1v) is 2.77. The van der Waals surface area contributed by atoms with Gasteiger partial charge in [-0.05, 0) is 6.92 Å². The zero-order valence-electron chi connectivity index (χ0n) is 5.24. The third kappa shape index (κ3) is 1.05. The second kappa shape index (κ2) is 2.10. The topological polar surface area (TPSA) is 76.9 Å². The van der Waals surface area contributed by atoms with Crippen LogP contribution in [0.2, 0.25) is 0 Å². The Balaban J connectivity index is 2.53. The zero-order chi connectivity index (χ0) is 6.85. The van der Waals surface area contributed by atoms with E-state index in [1.165, 1.54) is 0 Å². The molecule has 0 spiro atoms. The predicted octanol–water partition coefficient (Wildman–Crippen LogP) is -1.19. The number of nitrogens with zero attached hydrogens (tertiary/aromatic N) is 2. The van der Waals surface area contributed by atoms with Gasteiger partial charge < -0.3 is 10.5 Å². The fourth-order valence-electron chi connectivity index (χ4n) is 0.642. The second-order valence-corrected chi connectivity index (χ2v) is 1.70. The summed E-state index contributed by atoms with van der Waals surface area (Å²) in [7, 11) is 0. The van der Waals surface area contributed by atoms with Crippen LogP contribution in [0.5, 0.6) is 0 Å². The normalized spacial score (nSPS) is 25.8. The molecule has 5 nitrogen and oxygen atoms in total. The lowest BCUT2D eigenvalue weighted by Gasteiger charge is -2.14. The van der Waals surface area contributed by atoms with E-state index in [4.69, 9.17) is 16.2 Å². The molecule has 1 atom stereocenters. The SMILES string of the molecule is CCN1N=C(N)OC1N. The van der Waals surface area contributed by atoms with Crippen LogP contribution >= 0.6 is 0 Å². The molecule has 0 radical (unpaired) electrons. The largest absolute Gasteiger partial charge is 0.425 e. The van der Waals surface area contributed by atoms with Crippen LogP contribution in [0.1, 0.15) is 6.92 Å². The molecule has 0 aromatic carbocycles. The van der Waals surface area contributed by atoms with Gasteiger partial charge in [0.05, 0.1) is 0 Å². The summed E-state index contributed by atoms with van der Waals surface area (Å²) in [5, 5.41) is 5.33. The fourth-order valence-corrected chi connectivity index (χ4v) is 0.642. The third-order valence-electron chi connectivity index (χ3n) is 1.09. The van der Waals surface area contributed by atoms with Gasteiger partial charge in [-0.15, -0.1) is 5.10 Å². The molecule has 1 aliphatic heterocycles. The van der Waals surface area contributed by atoms with Crippen LogP contribution in [0.4, 0.5) is 0 Å². The van der Waals surface area contributed by atoms with Gasteiger partial charge in [0, 0.05) is 6.54 Å². The van der Waals surface area contributed by atoms with Crippen molar-refractivity contribution in [1.82, 2.24) is 5.01 Å². The lowest BCUT2D eigenvalue weighted by atomic mass is 10.7. The minimum Gasteiger partial charge on any atom is -0.425 e. The van der Waals surface area contributed by atoms with Gasteiger partial charge in [0.1, 0.15) is 0 Å². The molecule has 0 bridgehead atoms. The zero-order valence-corrected chi connectivity index (χ0v) is 5.24. The summed E-state index contributed by atoms with van der Waals surface area (Å²) in [4.78, 5) is 0. The van der Waals surface area contributed by atoms with Crippen LogP contribution in [-0.2, 0) is 4.74 Å². The predicted molar refractivity (Wildman–Crippen MR) is 33.1 cm³/mol. The maximum Gasteiger partial charge on any atom is 0.306 e. The molecule has 1 heterocycles. The van der Waals surface area contributed by atoms with Crippen molar-refractivity contribution in [2.24, 2.45) is 16.6 Å². The molecule has 0 fully saturated rings. The van der Waals surface area contributed by atoms with Crippen molar-refractivity contribution in [3.63, 3.8) is 0 Å². The van der Waals surface area contributed by atoms with Gasteiger partial charge in [-0.25, -0.2) is 5.01 Å². The highest BCUT2D eigenvalue weighted by molar-refractivity contribution is 5.72. The van der Waals surface area contributed by atoms with E-state index in [1.54, 1.807) is 5.01 Å². The van der Waals surface area contributed by atoms with Gasteiger partial charge in [-0.2, -0.15) is 0 Å². The molecule has 1 rings (SSSR count). The van der Waals surface area contributed by atoms with E-state index in [9.17, 15) is 0 Å². The van der Waals surface area contributed by atoms with E-state index < -0.39 is 6.35 Å². The smallest absolute Gasteiger partial charge is 0.306 e. The van der Waals surface area contributed by atoms with Crippen LogP contribution < -0.4 is 11.5 Å². The first-order valence-electron chi connectivity index (χ1n) is 2.77. The van der Waals surface area contributed by atoms with E-state index in [0.717, 1.165) is 0 Å². The number of amidine groups is 1. The van der Waals surface area contributed by atoms with Crippen LogP contribution in [-0.4, -0.2) is 23.9 Å². The monoisotopic (exact) mass is 130 g/mol. The maximum atomic E-state index is 5.39. The van der Waals surface area contributed by atoms with Crippen LogP contribution in [0, 0.1) is 0 Å². The number of hydrazone groups is 1. The Morgan fingerprint density at radius 3 is 2.78 bits per heavy atom. The molecule has 52 valence electrons. The lowest BCUT2D eigenvalue weighted by Crippen LogP contribution is -2.36. The van der Waals surface area contributed by atoms with E-state index in [0.29, 0.717) is 6.54 Å². The molecular formula is C4H10N4O. The average Bonchev–Trinajstić information content (AvgIpc) is 2.10. The number of hydrogen-bond donors (Lipinski definition) is 2. The van der Waals surface area contributed by atoms with Gasteiger partial charge in [-0.3, -0.25) is 5.73 Å².